The van der Waals surface area contributed by atoms with E-state index < -0.39 is 6.17 Å². The number of benzene rings is 1. The third-order valence-electron chi connectivity index (χ3n) is 2.83. The maximum absolute atomic E-state index is 9.17. The first-order valence-corrected chi connectivity index (χ1v) is 6.21. The van der Waals surface area contributed by atoms with Crippen molar-refractivity contribution in [3.05, 3.63) is 40.6 Å². The van der Waals surface area contributed by atoms with Gasteiger partial charge in [0.2, 0.25) is 0 Å². The van der Waals surface area contributed by atoms with Crippen molar-refractivity contribution in [3.63, 3.8) is 0 Å². The molecule has 0 radical (unpaired) electrons. The zero-order chi connectivity index (χ0) is 12.7. The zero-order valence-electron chi connectivity index (χ0n) is 9.40. The van der Waals surface area contributed by atoms with E-state index in [1.807, 2.05) is 24.4 Å². The summed E-state index contributed by atoms with van der Waals surface area (Å²) in [6, 6.07) is 7.79. The second kappa shape index (κ2) is 3.98. The standard InChI is InChI=1S/C12H11N5S/c13-4-7-11-10(5-16-12(7)15)18-9-3-6(14)1-2-8(9)17-11/h1-3,5,12,16-17H,14-15H2. The van der Waals surface area contributed by atoms with Crippen LogP contribution in [0.4, 0.5) is 11.4 Å². The molecule has 0 aromatic heterocycles. The highest BCUT2D eigenvalue weighted by atomic mass is 32.2. The van der Waals surface area contributed by atoms with Crippen LogP contribution in [0.1, 0.15) is 0 Å². The van der Waals surface area contributed by atoms with Crippen LogP contribution in [0.5, 0.6) is 0 Å². The summed E-state index contributed by atoms with van der Waals surface area (Å²) in [7, 11) is 0. The maximum Gasteiger partial charge on any atom is 0.113 e. The van der Waals surface area contributed by atoms with Crippen LogP contribution in [0.25, 0.3) is 0 Å². The molecule has 90 valence electrons. The molecule has 18 heavy (non-hydrogen) atoms. The molecule has 0 fully saturated rings. The minimum atomic E-state index is -0.461. The number of nitrogens with one attached hydrogen (secondary N) is 2. The molecule has 2 aliphatic rings. The minimum absolute atomic E-state index is 0.461. The fraction of sp³-hybridized carbons (Fsp3) is 0.0833. The lowest BCUT2D eigenvalue weighted by Gasteiger charge is -2.29. The second-order valence-corrected chi connectivity index (χ2v) is 5.12. The van der Waals surface area contributed by atoms with Crippen molar-refractivity contribution in [2.24, 2.45) is 5.73 Å². The molecule has 0 spiro atoms. The van der Waals surface area contributed by atoms with E-state index in [0.29, 0.717) is 5.57 Å². The van der Waals surface area contributed by atoms with E-state index in [4.69, 9.17) is 16.7 Å². The van der Waals surface area contributed by atoms with Crippen molar-refractivity contribution in [3.8, 4) is 6.07 Å². The van der Waals surface area contributed by atoms with Crippen molar-refractivity contribution in [1.82, 2.24) is 5.32 Å². The summed E-state index contributed by atoms with van der Waals surface area (Å²) in [4.78, 5) is 1.99. The number of nitrogens with zero attached hydrogens (tertiary/aromatic N) is 1. The van der Waals surface area contributed by atoms with Crippen molar-refractivity contribution >= 4 is 23.1 Å². The molecular formula is C12H11N5S. The Morgan fingerprint density at radius 1 is 1.39 bits per heavy atom. The quantitative estimate of drug-likeness (QED) is 0.523. The SMILES string of the molecule is N#CC1=C2Nc3ccc(N)cc3SC2=CNC1N. The van der Waals surface area contributed by atoms with Gasteiger partial charge in [-0.2, -0.15) is 5.26 Å². The number of hydrogen-bond acceptors (Lipinski definition) is 6. The molecule has 6 heteroatoms. The third kappa shape index (κ3) is 1.61. The number of anilines is 2. The van der Waals surface area contributed by atoms with Crippen LogP contribution < -0.4 is 22.1 Å². The van der Waals surface area contributed by atoms with Gasteiger partial charge in [-0.25, -0.2) is 0 Å². The van der Waals surface area contributed by atoms with Gasteiger partial charge in [0.15, 0.2) is 0 Å². The first kappa shape index (κ1) is 11.0. The summed E-state index contributed by atoms with van der Waals surface area (Å²) in [6.07, 6.45) is 1.36. The second-order valence-electron chi connectivity index (χ2n) is 4.04. The van der Waals surface area contributed by atoms with E-state index in [0.717, 1.165) is 26.9 Å². The van der Waals surface area contributed by atoms with Crippen LogP contribution in [0.2, 0.25) is 0 Å². The monoisotopic (exact) mass is 257 g/mol. The molecule has 0 amide bonds. The number of thioether (sulfide) groups is 1. The minimum Gasteiger partial charge on any atom is -0.399 e. The van der Waals surface area contributed by atoms with Crippen LogP contribution in [-0.2, 0) is 0 Å². The highest BCUT2D eigenvalue weighted by Crippen LogP contribution is 2.44. The van der Waals surface area contributed by atoms with Gasteiger partial charge in [0.05, 0.1) is 21.9 Å². The summed E-state index contributed by atoms with van der Waals surface area (Å²) >= 11 is 1.57. The number of dihydropyridines is 1. The van der Waals surface area contributed by atoms with Gasteiger partial charge in [-0.05, 0) is 18.2 Å². The number of nitrogen functional groups attached to an aromatic ring is 1. The normalized spacial score (nSPS) is 20.9. The fourth-order valence-electron chi connectivity index (χ4n) is 1.92. The predicted molar refractivity (Wildman–Crippen MR) is 72.2 cm³/mol. The number of fused-ring (bicyclic) bond motifs is 2. The molecule has 2 heterocycles. The van der Waals surface area contributed by atoms with Crippen molar-refractivity contribution in [2.75, 3.05) is 11.1 Å². The zero-order valence-corrected chi connectivity index (χ0v) is 10.2. The fourth-order valence-corrected chi connectivity index (χ4v) is 2.97. The Hall–Kier alpha value is -2.10. The highest BCUT2D eigenvalue weighted by molar-refractivity contribution is 8.03. The Bertz CT molecular complexity index is 626. The van der Waals surface area contributed by atoms with Gasteiger partial charge in [-0.3, -0.25) is 0 Å². The van der Waals surface area contributed by atoms with E-state index in [1.54, 1.807) is 11.8 Å². The van der Waals surface area contributed by atoms with Gasteiger partial charge in [0, 0.05) is 16.8 Å². The van der Waals surface area contributed by atoms with E-state index in [1.165, 1.54) is 0 Å². The molecule has 1 aromatic rings. The summed E-state index contributed by atoms with van der Waals surface area (Å²) in [5.74, 6) is 0. The lowest BCUT2D eigenvalue weighted by molar-refractivity contribution is 0.695. The molecule has 0 aliphatic carbocycles. The maximum atomic E-state index is 9.17. The van der Waals surface area contributed by atoms with Crippen LogP contribution in [0.3, 0.4) is 0 Å². The van der Waals surface area contributed by atoms with Gasteiger partial charge < -0.3 is 22.1 Å². The first-order valence-electron chi connectivity index (χ1n) is 5.40. The Kier molecular flexibility index (Phi) is 2.44. The molecule has 5 nitrogen and oxygen atoms in total. The number of hydrogen-bond donors (Lipinski definition) is 4. The van der Waals surface area contributed by atoms with Gasteiger partial charge in [0.25, 0.3) is 0 Å². The molecule has 6 N–H and O–H groups in total. The van der Waals surface area contributed by atoms with Gasteiger partial charge in [-0.1, -0.05) is 11.8 Å². The molecule has 1 aromatic carbocycles. The van der Waals surface area contributed by atoms with Gasteiger partial charge >= 0.3 is 0 Å². The van der Waals surface area contributed by atoms with Crippen LogP contribution in [0.15, 0.2) is 45.5 Å². The van der Waals surface area contributed by atoms with E-state index >= 15 is 0 Å². The Balaban J connectivity index is 2.12. The van der Waals surface area contributed by atoms with Gasteiger partial charge in [0.1, 0.15) is 12.2 Å². The van der Waals surface area contributed by atoms with E-state index in [2.05, 4.69) is 16.7 Å². The number of nitriles is 1. The molecule has 1 unspecified atom stereocenters. The largest absolute Gasteiger partial charge is 0.399 e. The van der Waals surface area contributed by atoms with Crippen LogP contribution in [0, 0.1) is 11.3 Å². The van der Waals surface area contributed by atoms with Crippen LogP contribution >= 0.6 is 11.8 Å². The summed E-state index contributed by atoms with van der Waals surface area (Å²) < 4.78 is 0. The number of rotatable bonds is 0. The Labute approximate surface area is 109 Å². The predicted octanol–water partition coefficient (Wildman–Crippen LogP) is 1.29. The topological polar surface area (TPSA) is 99.9 Å². The average Bonchev–Trinajstić information content (AvgIpc) is 2.36. The third-order valence-corrected chi connectivity index (χ3v) is 3.93. The molecule has 3 rings (SSSR count). The average molecular weight is 257 g/mol. The van der Waals surface area contributed by atoms with Crippen LogP contribution in [-0.4, -0.2) is 6.17 Å². The molecule has 2 aliphatic heterocycles. The van der Waals surface area contributed by atoms with Gasteiger partial charge in [-0.15, -0.1) is 0 Å². The summed E-state index contributed by atoms with van der Waals surface area (Å²) in [5, 5.41) is 15.4. The smallest absolute Gasteiger partial charge is 0.113 e. The van der Waals surface area contributed by atoms with E-state index in [-0.39, 0.29) is 0 Å². The molecule has 0 saturated carbocycles. The molecule has 1 atom stereocenters. The number of nitrogens with two attached hydrogens (primary N) is 2. The van der Waals surface area contributed by atoms with E-state index in [9.17, 15) is 0 Å². The highest BCUT2D eigenvalue weighted by Gasteiger charge is 2.27. The van der Waals surface area contributed by atoms with Crippen molar-refractivity contribution < 1.29 is 0 Å². The summed E-state index contributed by atoms with van der Waals surface area (Å²) in [6.45, 7) is 0. The lowest BCUT2D eigenvalue weighted by Crippen LogP contribution is -2.40. The van der Waals surface area contributed by atoms with Crippen molar-refractivity contribution in [1.29, 1.82) is 5.26 Å². The lowest BCUT2D eigenvalue weighted by atomic mass is 10.1. The first-order chi connectivity index (χ1) is 8.69. The Morgan fingerprint density at radius 2 is 2.22 bits per heavy atom. The van der Waals surface area contributed by atoms with Crippen molar-refractivity contribution in [2.45, 2.75) is 11.1 Å². The molecule has 0 bridgehead atoms. The molecule has 0 saturated heterocycles. The molecular weight excluding hydrogens is 246 g/mol. The Morgan fingerprint density at radius 3 is 3.00 bits per heavy atom. The summed E-state index contributed by atoms with van der Waals surface area (Å²) in [5.41, 5.74) is 14.6.